The van der Waals surface area contributed by atoms with Gasteiger partial charge in [0.2, 0.25) is 5.91 Å². The number of benzene rings is 3. The molecule has 29 heavy (non-hydrogen) atoms. The van der Waals surface area contributed by atoms with Crippen LogP contribution in [0.4, 0.5) is 0 Å². The zero-order valence-corrected chi connectivity index (χ0v) is 16.8. The zero-order chi connectivity index (χ0) is 20.2. The monoisotopic (exact) mass is 387 g/mol. The van der Waals surface area contributed by atoms with Gasteiger partial charge in [-0.25, -0.2) is 4.98 Å². The highest BCUT2D eigenvalue weighted by molar-refractivity contribution is 5.88. The van der Waals surface area contributed by atoms with Crippen LogP contribution in [0.5, 0.6) is 5.75 Å². The fraction of sp³-hybridized carbons (Fsp3) is 0.250. The number of amides is 1. The highest BCUT2D eigenvalue weighted by Gasteiger charge is 2.15. The van der Waals surface area contributed by atoms with Crippen molar-refractivity contribution < 1.29 is 9.53 Å². The van der Waals surface area contributed by atoms with Gasteiger partial charge in [-0.15, -0.1) is 0 Å². The van der Waals surface area contributed by atoms with Gasteiger partial charge in [0.25, 0.3) is 0 Å². The lowest BCUT2D eigenvalue weighted by Gasteiger charge is -2.13. The van der Waals surface area contributed by atoms with Crippen molar-refractivity contribution in [1.29, 1.82) is 0 Å². The van der Waals surface area contributed by atoms with Gasteiger partial charge in [-0.3, -0.25) is 4.79 Å². The molecule has 1 amide bonds. The molecule has 0 radical (unpaired) electrons. The maximum atomic E-state index is 12.5. The minimum absolute atomic E-state index is 0.0201. The van der Waals surface area contributed by atoms with Crippen molar-refractivity contribution in [2.24, 2.45) is 5.92 Å². The summed E-state index contributed by atoms with van der Waals surface area (Å²) in [7, 11) is 0. The van der Waals surface area contributed by atoms with E-state index in [1.54, 1.807) is 0 Å². The Labute approximate surface area is 170 Å². The molecule has 1 N–H and O–H groups in total. The smallest absolute Gasteiger partial charge is 0.240 e. The molecule has 0 fully saturated rings. The molecule has 0 saturated carbocycles. The number of fused-ring (bicyclic) bond motifs is 2. The Kier molecular flexibility index (Phi) is 5.47. The summed E-state index contributed by atoms with van der Waals surface area (Å²) in [6.45, 7) is 5.33. The summed E-state index contributed by atoms with van der Waals surface area (Å²) in [4.78, 5) is 17.2. The summed E-state index contributed by atoms with van der Waals surface area (Å²) in [5.74, 6) is 1.94. The summed E-state index contributed by atoms with van der Waals surface area (Å²) < 4.78 is 8.08. The first-order chi connectivity index (χ1) is 14.1. The van der Waals surface area contributed by atoms with Gasteiger partial charge >= 0.3 is 0 Å². The lowest BCUT2D eigenvalue weighted by atomic mass is 10.1. The van der Waals surface area contributed by atoms with E-state index in [0.29, 0.717) is 19.1 Å². The van der Waals surface area contributed by atoms with Crippen LogP contribution in [0.15, 0.2) is 66.7 Å². The van der Waals surface area contributed by atoms with E-state index in [1.165, 1.54) is 0 Å². The molecule has 5 heteroatoms. The van der Waals surface area contributed by atoms with E-state index in [9.17, 15) is 4.79 Å². The van der Waals surface area contributed by atoms with Crippen LogP contribution < -0.4 is 10.1 Å². The van der Waals surface area contributed by atoms with Crippen LogP contribution >= 0.6 is 0 Å². The summed E-state index contributed by atoms with van der Waals surface area (Å²) in [5, 5.41) is 5.18. The summed E-state index contributed by atoms with van der Waals surface area (Å²) >= 11 is 0. The SMILES string of the molecule is CC(C)CNC(=O)Cn1c(COc2cccc3ccccc23)nc2ccccc21. The molecule has 0 aliphatic carbocycles. The highest BCUT2D eigenvalue weighted by atomic mass is 16.5. The van der Waals surface area contributed by atoms with Crippen LogP contribution in [0.2, 0.25) is 0 Å². The molecule has 0 bridgehead atoms. The molecule has 0 saturated heterocycles. The first kappa shape index (κ1) is 19.0. The molecule has 0 aliphatic heterocycles. The molecule has 4 aromatic rings. The van der Waals surface area contributed by atoms with Crippen LogP contribution in [-0.4, -0.2) is 22.0 Å². The Morgan fingerprint density at radius 3 is 2.66 bits per heavy atom. The topological polar surface area (TPSA) is 56.2 Å². The Morgan fingerprint density at radius 2 is 1.79 bits per heavy atom. The van der Waals surface area contributed by atoms with E-state index in [2.05, 4.69) is 31.3 Å². The first-order valence-electron chi connectivity index (χ1n) is 9.93. The number of carbonyl (C=O) groups is 1. The lowest BCUT2D eigenvalue weighted by Crippen LogP contribution is -2.31. The molecule has 1 heterocycles. The highest BCUT2D eigenvalue weighted by Crippen LogP contribution is 2.26. The van der Waals surface area contributed by atoms with E-state index >= 15 is 0 Å². The Balaban J connectivity index is 1.60. The number of rotatable bonds is 7. The van der Waals surface area contributed by atoms with Crippen LogP contribution in [0.1, 0.15) is 19.7 Å². The number of aromatic nitrogens is 2. The summed E-state index contributed by atoms with van der Waals surface area (Å²) in [6.07, 6.45) is 0. The van der Waals surface area contributed by atoms with E-state index < -0.39 is 0 Å². The van der Waals surface area contributed by atoms with Crippen molar-refractivity contribution in [3.8, 4) is 5.75 Å². The van der Waals surface area contributed by atoms with Gasteiger partial charge in [-0.2, -0.15) is 0 Å². The average molecular weight is 387 g/mol. The fourth-order valence-corrected chi connectivity index (χ4v) is 3.39. The van der Waals surface area contributed by atoms with Crippen LogP contribution in [-0.2, 0) is 17.9 Å². The number of hydrogen-bond donors (Lipinski definition) is 1. The molecule has 1 aromatic heterocycles. The van der Waals surface area contributed by atoms with Crippen LogP contribution in [0.3, 0.4) is 0 Å². The van der Waals surface area contributed by atoms with Crippen molar-refractivity contribution in [2.45, 2.75) is 27.0 Å². The van der Waals surface area contributed by atoms with E-state index in [0.717, 1.165) is 33.4 Å². The van der Waals surface area contributed by atoms with Gasteiger partial charge in [0.15, 0.2) is 0 Å². The molecule has 0 spiro atoms. The van der Waals surface area contributed by atoms with E-state index in [1.807, 2.05) is 59.2 Å². The minimum Gasteiger partial charge on any atom is -0.485 e. The van der Waals surface area contributed by atoms with E-state index in [-0.39, 0.29) is 12.5 Å². The maximum absolute atomic E-state index is 12.5. The zero-order valence-electron chi connectivity index (χ0n) is 16.8. The number of nitrogens with one attached hydrogen (secondary N) is 1. The molecule has 4 rings (SSSR count). The molecule has 0 aliphatic rings. The lowest BCUT2D eigenvalue weighted by molar-refractivity contribution is -0.121. The third kappa shape index (κ3) is 4.24. The summed E-state index contributed by atoms with van der Waals surface area (Å²) in [5.41, 5.74) is 1.80. The summed E-state index contributed by atoms with van der Waals surface area (Å²) in [6, 6.07) is 22.0. The standard InChI is InChI=1S/C24H25N3O2/c1-17(2)14-25-24(28)15-27-21-12-6-5-11-20(21)26-23(27)16-29-22-13-7-9-18-8-3-4-10-19(18)22/h3-13,17H,14-16H2,1-2H3,(H,25,28). The quantitative estimate of drug-likeness (QED) is 0.506. The fourth-order valence-electron chi connectivity index (χ4n) is 3.39. The van der Waals surface area contributed by atoms with Gasteiger partial charge < -0.3 is 14.6 Å². The largest absolute Gasteiger partial charge is 0.485 e. The molecule has 0 unspecified atom stereocenters. The Bertz CT molecular complexity index is 1140. The molecule has 0 atom stereocenters. The Morgan fingerprint density at radius 1 is 1.03 bits per heavy atom. The van der Waals surface area contributed by atoms with Crippen molar-refractivity contribution in [3.63, 3.8) is 0 Å². The number of carbonyl (C=O) groups excluding carboxylic acids is 1. The number of para-hydroxylation sites is 2. The second-order valence-electron chi connectivity index (χ2n) is 7.57. The van der Waals surface area contributed by atoms with Crippen molar-refractivity contribution in [1.82, 2.24) is 14.9 Å². The Hall–Kier alpha value is -3.34. The van der Waals surface area contributed by atoms with Crippen molar-refractivity contribution in [3.05, 3.63) is 72.6 Å². The van der Waals surface area contributed by atoms with Gasteiger partial charge in [-0.05, 0) is 29.5 Å². The maximum Gasteiger partial charge on any atom is 0.240 e. The molecular formula is C24H25N3O2. The van der Waals surface area contributed by atoms with Gasteiger partial charge in [-0.1, -0.05) is 62.4 Å². The third-order valence-electron chi connectivity index (χ3n) is 4.85. The number of imidazole rings is 1. The minimum atomic E-state index is -0.0201. The normalized spacial score (nSPS) is 11.3. The molecule has 5 nitrogen and oxygen atoms in total. The van der Waals surface area contributed by atoms with Crippen LogP contribution in [0.25, 0.3) is 21.8 Å². The second-order valence-corrected chi connectivity index (χ2v) is 7.57. The average Bonchev–Trinajstić information content (AvgIpc) is 3.08. The molecular weight excluding hydrogens is 362 g/mol. The van der Waals surface area contributed by atoms with E-state index in [4.69, 9.17) is 9.72 Å². The second kappa shape index (κ2) is 8.35. The van der Waals surface area contributed by atoms with Gasteiger partial charge in [0.1, 0.15) is 24.7 Å². The number of hydrogen-bond acceptors (Lipinski definition) is 3. The predicted octanol–water partition coefficient (Wildman–Crippen LogP) is 4.54. The third-order valence-corrected chi connectivity index (χ3v) is 4.85. The number of ether oxygens (including phenoxy) is 1. The molecule has 148 valence electrons. The van der Waals surface area contributed by atoms with Crippen molar-refractivity contribution in [2.75, 3.05) is 6.54 Å². The van der Waals surface area contributed by atoms with Gasteiger partial charge in [0, 0.05) is 11.9 Å². The van der Waals surface area contributed by atoms with Crippen molar-refractivity contribution >= 4 is 27.7 Å². The van der Waals surface area contributed by atoms with Crippen LogP contribution in [0, 0.1) is 5.92 Å². The predicted molar refractivity (Wildman–Crippen MR) is 116 cm³/mol. The van der Waals surface area contributed by atoms with Gasteiger partial charge in [0.05, 0.1) is 11.0 Å². The molecule has 3 aromatic carbocycles. The first-order valence-corrected chi connectivity index (χ1v) is 9.93. The number of nitrogens with zero attached hydrogens (tertiary/aromatic N) is 2.